The van der Waals surface area contributed by atoms with Gasteiger partial charge in [-0.25, -0.2) is 12.8 Å². The summed E-state index contributed by atoms with van der Waals surface area (Å²) in [6.07, 6.45) is 3.53. The molecule has 1 fully saturated rings. The van der Waals surface area contributed by atoms with Crippen molar-refractivity contribution in [3.8, 4) is 0 Å². The number of hydrogen-bond acceptors (Lipinski definition) is 4. The van der Waals surface area contributed by atoms with Gasteiger partial charge in [0.1, 0.15) is 12.4 Å². The van der Waals surface area contributed by atoms with Crippen molar-refractivity contribution in [2.75, 3.05) is 26.2 Å². The largest absolute Gasteiger partial charge is 0.330 e. The summed E-state index contributed by atoms with van der Waals surface area (Å²) < 4.78 is 40.1. The fourth-order valence-corrected chi connectivity index (χ4v) is 4.44. The van der Waals surface area contributed by atoms with Gasteiger partial charge in [0.2, 0.25) is 15.9 Å². The molecule has 1 saturated heterocycles. The third kappa shape index (κ3) is 5.12. The molecular formula is C19H24FN4O3S+. The lowest BCUT2D eigenvalue weighted by molar-refractivity contribution is -0.917. The highest BCUT2D eigenvalue weighted by molar-refractivity contribution is 7.89. The number of piperazine rings is 1. The molecule has 1 aromatic heterocycles. The molecule has 1 aliphatic heterocycles. The highest BCUT2D eigenvalue weighted by Gasteiger charge is 2.29. The fraction of sp³-hybridized carbons (Fsp3) is 0.368. The second kappa shape index (κ2) is 8.76. The summed E-state index contributed by atoms with van der Waals surface area (Å²) >= 11 is 0. The van der Waals surface area contributed by atoms with Crippen molar-refractivity contribution in [2.45, 2.75) is 24.4 Å². The van der Waals surface area contributed by atoms with Crippen molar-refractivity contribution in [2.24, 2.45) is 0 Å². The molecule has 0 bridgehead atoms. The minimum Gasteiger partial charge on any atom is -0.330 e. The van der Waals surface area contributed by atoms with Gasteiger partial charge in [0, 0.05) is 18.0 Å². The maximum Gasteiger partial charge on any atom is 0.241 e. The number of aromatic nitrogens is 1. The number of nitrogens with one attached hydrogen (secondary N) is 2. The molecule has 0 unspecified atom stereocenters. The molecule has 28 heavy (non-hydrogen) atoms. The molecule has 2 aromatic rings. The lowest BCUT2D eigenvalue weighted by Gasteiger charge is -2.33. The Kier molecular flexibility index (Phi) is 6.38. The molecule has 1 aromatic carbocycles. The molecule has 3 rings (SSSR count). The highest BCUT2D eigenvalue weighted by Crippen LogP contribution is 2.11. The van der Waals surface area contributed by atoms with E-state index in [9.17, 15) is 17.6 Å². The standard InChI is InChI=1S/C19H23FN4O3S/c1-15(22-28(26,27)18-4-2-17(20)3-5-18)19(25)24-12-10-23(11-13-24)14-16-6-8-21-9-7-16/h2-9,15,22H,10-14H2,1H3/p+1/t15-/m0/s1. The number of carbonyl (C=O) groups excluding carboxylic acids is 1. The van der Waals surface area contributed by atoms with Crippen LogP contribution >= 0.6 is 0 Å². The topological polar surface area (TPSA) is 83.8 Å². The summed E-state index contributed by atoms with van der Waals surface area (Å²) in [6, 6.07) is 7.58. The number of hydrogen-bond donors (Lipinski definition) is 2. The van der Waals surface area contributed by atoms with Crippen LogP contribution in [0.2, 0.25) is 0 Å². The first-order chi connectivity index (χ1) is 13.3. The zero-order chi connectivity index (χ0) is 20.1. The second-order valence-electron chi connectivity index (χ2n) is 6.90. The number of sulfonamides is 1. The van der Waals surface area contributed by atoms with Crippen molar-refractivity contribution in [1.29, 1.82) is 0 Å². The van der Waals surface area contributed by atoms with Gasteiger partial charge in [-0.2, -0.15) is 4.72 Å². The number of carbonyl (C=O) groups is 1. The number of pyridine rings is 1. The van der Waals surface area contributed by atoms with E-state index in [4.69, 9.17) is 0 Å². The van der Waals surface area contributed by atoms with Gasteiger partial charge >= 0.3 is 0 Å². The quantitative estimate of drug-likeness (QED) is 0.696. The Labute approximate surface area is 164 Å². The van der Waals surface area contributed by atoms with Crippen LogP contribution in [0.1, 0.15) is 12.5 Å². The third-order valence-electron chi connectivity index (χ3n) is 4.81. The number of halogens is 1. The summed E-state index contributed by atoms with van der Waals surface area (Å²) in [6.45, 7) is 5.14. The molecule has 0 aliphatic carbocycles. The third-order valence-corrected chi connectivity index (χ3v) is 6.37. The number of rotatable bonds is 6. The number of nitrogens with zero attached hydrogens (tertiary/aromatic N) is 2. The van der Waals surface area contributed by atoms with Crippen LogP contribution in [0.15, 0.2) is 53.7 Å². The Hall–Kier alpha value is -2.36. The van der Waals surface area contributed by atoms with E-state index in [1.807, 2.05) is 12.1 Å². The Morgan fingerprint density at radius 3 is 2.39 bits per heavy atom. The summed E-state index contributed by atoms with van der Waals surface area (Å²) in [5.74, 6) is -0.774. The van der Waals surface area contributed by atoms with Crippen LogP contribution in [0, 0.1) is 5.82 Å². The van der Waals surface area contributed by atoms with E-state index in [-0.39, 0.29) is 10.8 Å². The lowest BCUT2D eigenvalue weighted by Crippen LogP contribution is -3.13. The summed E-state index contributed by atoms with van der Waals surface area (Å²) in [5, 5.41) is 0. The van der Waals surface area contributed by atoms with Crippen molar-refractivity contribution in [3.63, 3.8) is 0 Å². The predicted molar refractivity (Wildman–Crippen MR) is 101 cm³/mol. The average Bonchev–Trinajstić information content (AvgIpc) is 2.69. The van der Waals surface area contributed by atoms with Crippen molar-refractivity contribution >= 4 is 15.9 Å². The highest BCUT2D eigenvalue weighted by atomic mass is 32.2. The van der Waals surface area contributed by atoms with E-state index in [0.29, 0.717) is 13.1 Å². The van der Waals surface area contributed by atoms with Gasteiger partial charge in [-0.05, 0) is 43.3 Å². The van der Waals surface area contributed by atoms with Crippen LogP contribution in [0.5, 0.6) is 0 Å². The van der Waals surface area contributed by atoms with Gasteiger partial charge in [0.15, 0.2) is 0 Å². The molecule has 0 saturated carbocycles. The van der Waals surface area contributed by atoms with E-state index >= 15 is 0 Å². The minimum atomic E-state index is -3.89. The average molecular weight is 407 g/mol. The van der Waals surface area contributed by atoms with Crippen LogP contribution in [-0.2, 0) is 21.4 Å². The first-order valence-electron chi connectivity index (χ1n) is 9.14. The monoisotopic (exact) mass is 407 g/mol. The minimum absolute atomic E-state index is 0.0693. The van der Waals surface area contributed by atoms with Gasteiger partial charge < -0.3 is 9.80 Å². The van der Waals surface area contributed by atoms with E-state index in [1.54, 1.807) is 17.3 Å². The van der Waals surface area contributed by atoms with Gasteiger partial charge in [0.25, 0.3) is 0 Å². The van der Waals surface area contributed by atoms with E-state index in [1.165, 1.54) is 29.5 Å². The second-order valence-corrected chi connectivity index (χ2v) is 8.62. The summed E-state index contributed by atoms with van der Waals surface area (Å²) in [4.78, 5) is 19.6. The van der Waals surface area contributed by atoms with Crippen LogP contribution in [-0.4, -0.2) is 56.4 Å². The molecule has 0 radical (unpaired) electrons. The van der Waals surface area contributed by atoms with Crippen LogP contribution in [0.4, 0.5) is 4.39 Å². The Bertz CT molecular complexity index is 899. The van der Waals surface area contributed by atoms with Crippen molar-refractivity contribution in [3.05, 3.63) is 60.2 Å². The van der Waals surface area contributed by atoms with Gasteiger partial charge in [-0.1, -0.05) is 0 Å². The van der Waals surface area contributed by atoms with Crippen molar-refractivity contribution in [1.82, 2.24) is 14.6 Å². The summed E-state index contributed by atoms with van der Waals surface area (Å²) in [5.41, 5.74) is 1.20. The van der Waals surface area contributed by atoms with Crippen molar-refractivity contribution < 1.29 is 22.5 Å². The van der Waals surface area contributed by atoms with Gasteiger partial charge in [-0.15, -0.1) is 0 Å². The lowest BCUT2D eigenvalue weighted by atomic mass is 10.2. The molecule has 1 amide bonds. The number of quaternary nitrogens is 1. The van der Waals surface area contributed by atoms with E-state index in [0.717, 1.165) is 31.8 Å². The van der Waals surface area contributed by atoms with E-state index in [2.05, 4.69) is 9.71 Å². The smallest absolute Gasteiger partial charge is 0.241 e. The zero-order valence-electron chi connectivity index (χ0n) is 15.6. The predicted octanol–water partition coefficient (Wildman–Crippen LogP) is -0.185. The Balaban J connectivity index is 1.53. The van der Waals surface area contributed by atoms with E-state index < -0.39 is 21.9 Å². The van der Waals surface area contributed by atoms with Crippen LogP contribution in [0.25, 0.3) is 0 Å². The molecular weight excluding hydrogens is 383 g/mol. The molecule has 9 heteroatoms. The first kappa shape index (κ1) is 20.4. The number of benzene rings is 1. The van der Waals surface area contributed by atoms with Gasteiger partial charge in [0.05, 0.1) is 37.1 Å². The van der Waals surface area contributed by atoms with Crippen LogP contribution < -0.4 is 9.62 Å². The molecule has 0 spiro atoms. The Morgan fingerprint density at radius 1 is 1.18 bits per heavy atom. The molecule has 2 N–H and O–H groups in total. The molecule has 150 valence electrons. The molecule has 1 aliphatic rings. The van der Waals surface area contributed by atoms with Gasteiger partial charge in [-0.3, -0.25) is 9.78 Å². The maximum absolute atomic E-state index is 13.0. The Morgan fingerprint density at radius 2 is 1.79 bits per heavy atom. The molecule has 2 heterocycles. The van der Waals surface area contributed by atoms with Crippen LogP contribution in [0.3, 0.4) is 0 Å². The molecule has 1 atom stereocenters. The first-order valence-corrected chi connectivity index (χ1v) is 10.6. The molecule has 7 nitrogen and oxygen atoms in total. The maximum atomic E-state index is 13.0. The fourth-order valence-electron chi connectivity index (χ4n) is 3.25. The normalized spacial score (nSPS) is 16.7. The zero-order valence-corrected chi connectivity index (χ0v) is 16.5. The number of amides is 1. The SMILES string of the molecule is C[C@H](NS(=O)(=O)c1ccc(F)cc1)C(=O)N1CC[NH+](Cc2ccncc2)CC1. The summed E-state index contributed by atoms with van der Waals surface area (Å²) in [7, 11) is -3.89.